The van der Waals surface area contributed by atoms with Gasteiger partial charge in [0.05, 0.1) is 0 Å². The third-order valence-electron chi connectivity index (χ3n) is 2.29. The molecule has 0 spiro atoms. The summed E-state index contributed by atoms with van der Waals surface area (Å²) in [4.78, 5) is 11.6. The molecular formula is C14H11BrFNO2. The number of rotatable bonds is 4. The zero-order valence-electron chi connectivity index (χ0n) is 9.90. The van der Waals surface area contributed by atoms with Gasteiger partial charge in [0.2, 0.25) is 0 Å². The van der Waals surface area contributed by atoms with Crippen LogP contribution >= 0.6 is 15.9 Å². The first-order chi connectivity index (χ1) is 9.13. The van der Waals surface area contributed by atoms with E-state index in [1.54, 1.807) is 18.2 Å². The molecule has 5 heteroatoms. The summed E-state index contributed by atoms with van der Waals surface area (Å²) in [6.07, 6.45) is 0. The van der Waals surface area contributed by atoms with Crippen molar-refractivity contribution >= 4 is 27.5 Å². The van der Waals surface area contributed by atoms with Crippen molar-refractivity contribution in [1.29, 1.82) is 0 Å². The van der Waals surface area contributed by atoms with Crippen LogP contribution in [0.5, 0.6) is 5.75 Å². The van der Waals surface area contributed by atoms with Crippen LogP contribution in [0.25, 0.3) is 0 Å². The summed E-state index contributed by atoms with van der Waals surface area (Å²) in [6, 6.07) is 12.8. The maximum atomic E-state index is 12.9. The maximum absolute atomic E-state index is 12.9. The average molecular weight is 324 g/mol. The van der Waals surface area contributed by atoms with Gasteiger partial charge in [-0.25, -0.2) is 4.39 Å². The van der Waals surface area contributed by atoms with E-state index in [0.717, 1.165) is 4.47 Å². The summed E-state index contributed by atoms with van der Waals surface area (Å²) < 4.78 is 19.0. The molecule has 0 bridgehead atoms. The number of carbonyl (C=O) groups is 1. The van der Waals surface area contributed by atoms with Gasteiger partial charge in [-0.3, -0.25) is 4.79 Å². The fourth-order valence-corrected chi connectivity index (χ4v) is 1.70. The first-order valence-corrected chi connectivity index (χ1v) is 6.36. The highest BCUT2D eigenvalue weighted by Crippen LogP contribution is 2.14. The number of amides is 1. The Morgan fingerprint density at radius 2 is 1.95 bits per heavy atom. The van der Waals surface area contributed by atoms with Crippen molar-refractivity contribution < 1.29 is 13.9 Å². The number of hydrogen-bond acceptors (Lipinski definition) is 2. The number of carbonyl (C=O) groups excluding carboxylic acids is 1. The van der Waals surface area contributed by atoms with Gasteiger partial charge in [-0.15, -0.1) is 0 Å². The zero-order chi connectivity index (χ0) is 13.7. The Kier molecular flexibility index (Phi) is 4.52. The number of nitrogens with one attached hydrogen (secondary N) is 1. The molecule has 0 saturated heterocycles. The molecule has 0 heterocycles. The monoisotopic (exact) mass is 323 g/mol. The van der Waals surface area contributed by atoms with Crippen LogP contribution in [-0.4, -0.2) is 12.5 Å². The third-order valence-corrected chi connectivity index (χ3v) is 2.82. The summed E-state index contributed by atoms with van der Waals surface area (Å²) in [5, 5.41) is 2.68. The third kappa shape index (κ3) is 4.37. The van der Waals surface area contributed by atoms with E-state index in [0.29, 0.717) is 11.4 Å². The standard InChI is InChI=1S/C14H11BrFNO2/c15-10-4-6-12(7-5-10)17-14(18)9-19-13-3-1-2-11(16)8-13/h1-8H,9H2,(H,17,18). The number of ether oxygens (including phenoxy) is 1. The predicted octanol–water partition coefficient (Wildman–Crippen LogP) is 3.61. The molecule has 3 nitrogen and oxygen atoms in total. The van der Waals surface area contributed by atoms with E-state index in [2.05, 4.69) is 21.2 Å². The van der Waals surface area contributed by atoms with Gasteiger partial charge in [0.1, 0.15) is 11.6 Å². The molecule has 0 atom stereocenters. The molecule has 0 radical (unpaired) electrons. The molecule has 0 aromatic heterocycles. The van der Waals surface area contributed by atoms with Crippen molar-refractivity contribution in [2.75, 3.05) is 11.9 Å². The van der Waals surface area contributed by atoms with E-state index < -0.39 is 5.82 Å². The Bertz CT molecular complexity index is 572. The lowest BCUT2D eigenvalue weighted by molar-refractivity contribution is -0.118. The Labute approximate surface area is 118 Å². The Hall–Kier alpha value is -1.88. The van der Waals surface area contributed by atoms with E-state index in [1.807, 2.05) is 12.1 Å². The number of halogens is 2. The van der Waals surface area contributed by atoms with E-state index in [-0.39, 0.29) is 12.5 Å². The lowest BCUT2D eigenvalue weighted by Gasteiger charge is -2.07. The summed E-state index contributed by atoms with van der Waals surface area (Å²) >= 11 is 3.31. The van der Waals surface area contributed by atoms with Crippen LogP contribution in [0.3, 0.4) is 0 Å². The highest BCUT2D eigenvalue weighted by molar-refractivity contribution is 9.10. The molecule has 0 fully saturated rings. The van der Waals surface area contributed by atoms with E-state index >= 15 is 0 Å². The molecule has 98 valence electrons. The SMILES string of the molecule is O=C(COc1cccc(F)c1)Nc1ccc(Br)cc1. The Morgan fingerprint density at radius 3 is 2.63 bits per heavy atom. The summed E-state index contributed by atoms with van der Waals surface area (Å²) in [7, 11) is 0. The van der Waals surface area contributed by atoms with E-state index in [1.165, 1.54) is 18.2 Å². The van der Waals surface area contributed by atoms with Crippen molar-refractivity contribution in [3.63, 3.8) is 0 Å². The van der Waals surface area contributed by atoms with Crippen molar-refractivity contribution in [3.8, 4) is 5.75 Å². The van der Waals surface area contributed by atoms with Crippen molar-refractivity contribution in [3.05, 3.63) is 58.8 Å². The minimum absolute atomic E-state index is 0.167. The van der Waals surface area contributed by atoms with Crippen LogP contribution < -0.4 is 10.1 Å². The Morgan fingerprint density at radius 1 is 1.21 bits per heavy atom. The minimum Gasteiger partial charge on any atom is -0.484 e. The van der Waals surface area contributed by atoms with Gasteiger partial charge in [0, 0.05) is 16.2 Å². The number of benzene rings is 2. The Balaban J connectivity index is 1.86. The summed E-state index contributed by atoms with van der Waals surface area (Å²) in [6.45, 7) is -0.167. The molecule has 1 N–H and O–H groups in total. The van der Waals surface area contributed by atoms with Gasteiger partial charge in [-0.1, -0.05) is 22.0 Å². The zero-order valence-corrected chi connectivity index (χ0v) is 11.5. The lowest BCUT2D eigenvalue weighted by Crippen LogP contribution is -2.20. The molecule has 0 saturated carbocycles. The summed E-state index contributed by atoms with van der Waals surface area (Å²) in [5.41, 5.74) is 0.677. The van der Waals surface area contributed by atoms with Gasteiger partial charge >= 0.3 is 0 Å². The normalized spacial score (nSPS) is 10.0. The second-order valence-corrected chi connectivity index (χ2v) is 4.72. The van der Waals surface area contributed by atoms with Crippen LogP contribution in [0.15, 0.2) is 53.0 Å². The van der Waals surface area contributed by atoms with Gasteiger partial charge in [0.25, 0.3) is 5.91 Å². The predicted molar refractivity (Wildman–Crippen MR) is 74.7 cm³/mol. The van der Waals surface area contributed by atoms with Crippen LogP contribution in [0.2, 0.25) is 0 Å². The quantitative estimate of drug-likeness (QED) is 0.933. The van der Waals surface area contributed by atoms with Crippen LogP contribution in [0.4, 0.5) is 10.1 Å². The highest BCUT2D eigenvalue weighted by Gasteiger charge is 2.04. The maximum Gasteiger partial charge on any atom is 0.262 e. The molecule has 0 aliphatic carbocycles. The number of anilines is 1. The van der Waals surface area contributed by atoms with Crippen molar-refractivity contribution in [1.82, 2.24) is 0 Å². The topological polar surface area (TPSA) is 38.3 Å². The first kappa shape index (κ1) is 13.5. The van der Waals surface area contributed by atoms with Gasteiger partial charge in [0.15, 0.2) is 6.61 Å². The molecule has 2 aromatic carbocycles. The molecule has 19 heavy (non-hydrogen) atoms. The molecule has 0 unspecified atom stereocenters. The number of hydrogen-bond donors (Lipinski definition) is 1. The molecule has 0 aliphatic heterocycles. The van der Waals surface area contributed by atoms with Gasteiger partial charge in [-0.05, 0) is 36.4 Å². The molecular weight excluding hydrogens is 313 g/mol. The summed E-state index contributed by atoms with van der Waals surface area (Å²) in [5.74, 6) is -0.372. The second kappa shape index (κ2) is 6.33. The molecule has 1 amide bonds. The highest BCUT2D eigenvalue weighted by atomic mass is 79.9. The second-order valence-electron chi connectivity index (χ2n) is 3.80. The molecule has 2 rings (SSSR count). The van der Waals surface area contributed by atoms with Crippen LogP contribution in [0, 0.1) is 5.82 Å². The van der Waals surface area contributed by atoms with Crippen molar-refractivity contribution in [2.45, 2.75) is 0 Å². The van der Waals surface area contributed by atoms with Gasteiger partial charge < -0.3 is 10.1 Å². The van der Waals surface area contributed by atoms with Crippen LogP contribution in [0.1, 0.15) is 0 Å². The average Bonchev–Trinajstić information content (AvgIpc) is 2.39. The lowest BCUT2D eigenvalue weighted by atomic mass is 10.3. The fourth-order valence-electron chi connectivity index (χ4n) is 1.44. The first-order valence-electron chi connectivity index (χ1n) is 5.57. The smallest absolute Gasteiger partial charge is 0.262 e. The molecule has 0 aliphatic rings. The largest absolute Gasteiger partial charge is 0.484 e. The van der Waals surface area contributed by atoms with E-state index in [4.69, 9.17) is 4.74 Å². The minimum atomic E-state index is -0.397. The fraction of sp³-hybridized carbons (Fsp3) is 0.0714. The van der Waals surface area contributed by atoms with Gasteiger partial charge in [-0.2, -0.15) is 0 Å². The molecule has 2 aromatic rings. The van der Waals surface area contributed by atoms with Crippen molar-refractivity contribution in [2.24, 2.45) is 0 Å². The van der Waals surface area contributed by atoms with Crippen LogP contribution in [-0.2, 0) is 4.79 Å². The van der Waals surface area contributed by atoms with E-state index in [9.17, 15) is 9.18 Å².